The lowest BCUT2D eigenvalue weighted by atomic mass is 10.1. The van der Waals surface area contributed by atoms with Crippen LogP contribution in [-0.4, -0.2) is 8.42 Å². The summed E-state index contributed by atoms with van der Waals surface area (Å²) in [6.07, 6.45) is -4.51. The molecule has 0 aliphatic carbocycles. The van der Waals surface area contributed by atoms with E-state index in [-0.39, 0.29) is 5.56 Å². The van der Waals surface area contributed by atoms with E-state index in [1.807, 2.05) is 0 Å². The average molecular weight is 384 g/mol. The van der Waals surface area contributed by atoms with Crippen molar-refractivity contribution in [2.45, 2.75) is 24.9 Å². The quantitative estimate of drug-likeness (QED) is 0.820. The van der Waals surface area contributed by atoms with Crippen LogP contribution >= 0.6 is 22.9 Å². The zero-order valence-electron chi connectivity index (χ0n) is 11.9. The molecule has 0 aliphatic heterocycles. The van der Waals surface area contributed by atoms with E-state index < -0.39 is 33.6 Å². The Bertz CT molecular complexity index is 787. The number of halogens is 4. The molecule has 0 amide bonds. The summed E-state index contributed by atoms with van der Waals surface area (Å²) in [5.74, 6) is -0.527. The van der Waals surface area contributed by atoms with E-state index in [1.165, 1.54) is 23.5 Å². The third kappa shape index (κ3) is 5.20. The first kappa shape index (κ1) is 18.3. The zero-order valence-corrected chi connectivity index (χ0v) is 14.3. The Labute approximate surface area is 141 Å². The molecule has 0 saturated carbocycles. The minimum absolute atomic E-state index is 0.0729. The van der Waals surface area contributed by atoms with Crippen LogP contribution in [0.4, 0.5) is 13.2 Å². The Balaban J connectivity index is 2.12. The first-order chi connectivity index (χ1) is 10.6. The third-order valence-electron chi connectivity index (χ3n) is 2.99. The Morgan fingerprint density at radius 3 is 2.52 bits per heavy atom. The largest absolute Gasteiger partial charge is 0.416 e. The van der Waals surface area contributed by atoms with E-state index in [0.29, 0.717) is 4.34 Å². The van der Waals surface area contributed by atoms with Gasteiger partial charge in [-0.15, -0.1) is 11.3 Å². The molecular formula is C14H13ClF3NO2S2. The second-order valence-corrected chi connectivity index (χ2v) is 8.44. The summed E-state index contributed by atoms with van der Waals surface area (Å²) >= 11 is 7.04. The molecule has 0 aliphatic rings. The van der Waals surface area contributed by atoms with Gasteiger partial charge in [-0.3, -0.25) is 0 Å². The lowest BCUT2D eigenvalue weighted by molar-refractivity contribution is -0.137. The highest BCUT2D eigenvalue weighted by atomic mass is 35.5. The van der Waals surface area contributed by atoms with Gasteiger partial charge < -0.3 is 0 Å². The Morgan fingerprint density at radius 2 is 1.96 bits per heavy atom. The molecule has 0 radical (unpaired) electrons. The normalized spacial score (nSPS) is 14.0. The average Bonchev–Trinajstić information content (AvgIpc) is 2.84. The highest BCUT2D eigenvalue weighted by Gasteiger charge is 2.30. The molecule has 1 aromatic heterocycles. The van der Waals surface area contributed by atoms with Gasteiger partial charge in [0, 0.05) is 4.88 Å². The fourth-order valence-corrected chi connectivity index (χ4v) is 4.49. The van der Waals surface area contributed by atoms with Crippen molar-refractivity contribution in [3.8, 4) is 0 Å². The van der Waals surface area contributed by atoms with E-state index in [1.54, 1.807) is 19.1 Å². The molecule has 2 rings (SSSR count). The number of thiophene rings is 1. The van der Waals surface area contributed by atoms with Gasteiger partial charge in [0.1, 0.15) is 0 Å². The van der Waals surface area contributed by atoms with Crippen LogP contribution in [0.25, 0.3) is 0 Å². The molecule has 23 heavy (non-hydrogen) atoms. The minimum Gasteiger partial charge on any atom is -0.212 e. The number of hydrogen-bond acceptors (Lipinski definition) is 3. The van der Waals surface area contributed by atoms with Crippen molar-refractivity contribution < 1.29 is 21.6 Å². The summed E-state index contributed by atoms with van der Waals surface area (Å²) < 4.78 is 65.2. The SMILES string of the molecule is CC(NS(=O)(=O)Cc1cccc(C(F)(F)F)c1)c1ccc(Cl)s1. The van der Waals surface area contributed by atoms with Gasteiger partial charge >= 0.3 is 6.18 Å². The molecule has 0 fully saturated rings. The first-order valence-electron chi connectivity index (χ1n) is 6.48. The fraction of sp³-hybridized carbons (Fsp3) is 0.286. The predicted octanol–water partition coefficient (Wildman–Crippen LogP) is 4.60. The molecule has 0 spiro atoms. The highest BCUT2D eigenvalue weighted by molar-refractivity contribution is 7.88. The van der Waals surface area contributed by atoms with Crippen molar-refractivity contribution in [2.75, 3.05) is 0 Å². The molecule has 9 heteroatoms. The van der Waals surface area contributed by atoms with Gasteiger partial charge in [0.2, 0.25) is 10.0 Å². The number of rotatable bonds is 5. The molecular weight excluding hydrogens is 371 g/mol. The van der Waals surface area contributed by atoms with Gasteiger partial charge in [0.05, 0.1) is 21.7 Å². The number of hydrogen-bond donors (Lipinski definition) is 1. The summed E-state index contributed by atoms with van der Waals surface area (Å²) in [5, 5.41) is 0. The maximum atomic E-state index is 12.7. The Hall–Kier alpha value is -1.09. The van der Waals surface area contributed by atoms with Gasteiger partial charge in [-0.25, -0.2) is 13.1 Å². The van der Waals surface area contributed by atoms with Crippen molar-refractivity contribution in [1.82, 2.24) is 4.72 Å². The number of benzene rings is 1. The summed E-state index contributed by atoms with van der Waals surface area (Å²) in [7, 11) is -3.79. The van der Waals surface area contributed by atoms with Crippen molar-refractivity contribution in [1.29, 1.82) is 0 Å². The molecule has 0 saturated heterocycles. The van der Waals surface area contributed by atoms with E-state index in [9.17, 15) is 21.6 Å². The van der Waals surface area contributed by atoms with Crippen molar-refractivity contribution in [3.05, 3.63) is 56.7 Å². The van der Waals surface area contributed by atoms with Crippen LogP contribution in [0.1, 0.15) is 29.0 Å². The van der Waals surface area contributed by atoms with Crippen molar-refractivity contribution in [3.63, 3.8) is 0 Å². The van der Waals surface area contributed by atoms with Crippen LogP contribution in [0.5, 0.6) is 0 Å². The Kier molecular flexibility index (Phi) is 5.40. The van der Waals surface area contributed by atoms with Gasteiger partial charge in [0.25, 0.3) is 0 Å². The molecule has 2 aromatic rings. The summed E-state index contributed by atoms with van der Waals surface area (Å²) in [6.45, 7) is 1.64. The van der Waals surface area contributed by atoms with Gasteiger partial charge in [-0.2, -0.15) is 13.2 Å². The van der Waals surface area contributed by atoms with Crippen molar-refractivity contribution >= 4 is 33.0 Å². The van der Waals surface area contributed by atoms with Crippen LogP contribution in [0.2, 0.25) is 4.34 Å². The third-order valence-corrected chi connectivity index (χ3v) is 5.83. The van der Waals surface area contributed by atoms with E-state index >= 15 is 0 Å². The highest BCUT2D eigenvalue weighted by Crippen LogP contribution is 2.30. The molecule has 0 bridgehead atoms. The van der Waals surface area contributed by atoms with Crippen LogP contribution in [0, 0.1) is 0 Å². The lowest BCUT2D eigenvalue weighted by Gasteiger charge is -2.13. The van der Waals surface area contributed by atoms with Gasteiger partial charge in [0.15, 0.2) is 0 Å². The second-order valence-electron chi connectivity index (χ2n) is 4.94. The smallest absolute Gasteiger partial charge is 0.212 e. The predicted molar refractivity (Wildman–Crippen MR) is 84.9 cm³/mol. The second kappa shape index (κ2) is 6.80. The molecule has 1 atom stereocenters. The minimum atomic E-state index is -4.51. The maximum Gasteiger partial charge on any atom is 0.416 e. The fourth-order valence-electron chi connectivity index (χ4n) is 1.99. The molecule has 1 heterocycles. The van der Waals surface area contributed by atoms with Crippen LogP contribution in [-0.2, 0) is 22.0 Å². The summed E-state index contributed by atoms with van der Waals surface area (Å²) in [6, 6.07) is 7.12. The van der Waals surface area contributed by atoms with Crippen molar-refractivity contribution in [2.24, 2.45) is 0 Å². The molecule has 3 nitrogen and oxygen atoms in total. The number of sulfonamides is 1. The van der Waals surface area contributed by atoms with Crippen LogP contribution < -0.4 is 4.72 Å². The lowest BCUT2D eigenvalue weighted by Crippen LogP contribution is -2.27. The number of alkyl halides is 3. The van der Waals surface area contributed by atoms with E-state index in [4.69, 9.17) is 11.6 Å². The Morgan fingerprint density at radius 1 is 1.26 bits per heavy atom. The van der Waals surface area contributed by atoms with E-state index in [2.05, 4.69) is 4.72 Å². The standard InChI is InChI=1S/C14H13ClF3NO2S2/c1-9(12-5-6-13(15)22-12)19-23(20,21)8-10-3-2-4-11(7-10)14(16,17)18/h2-7,9,19H,8H2,1H3. The molecule has 1 unspecified atom stereocenters. The molecule has 1 aromatic carbocycles. The zero-order chi connectivity index (χ0) is 17.3. The number of nitrogens with one attached hydrogen (secondary N) is 1. The summed E-state index contributed by atoms with van der Waals surface area (Å²) in [4.78, 5) is 0.725. The van der Waals surface area contributed by atoms with Crippen LogP contribution in [0.3, 0.4) is 0 Å². The molecule has 126 valence electrons. The topological polar surface area (TPSA) is 46.2 Å². The molecule has 1 N–H and O–H groups in total. The van der Waals surface area contributed by atoms with Gasteiger partial charge in [-0.05, 0) is 30.7 Å². The van der Waals surface area contributed by atoms with E-state index in [0.717, 1.165) is 17.0 Å². The summed E-state index contributed by atoms with van der Waals surface area (Å²) in [5.41, 5.74) is -0.799. The maximum absolute atomic E-state index is 12.7. The van der Waals surface area contributed by atoms with Crippen LogP contribution in [0.15, 0.2) is 36.4 Å². The first-order valence-corrected chi connectivity index (χ1v) is 9.33. The monoisotopic (exact) mass is 383 g/mol. The van der Waals surface area contributed by atoms with Gasteiger partial charge in [-0.1, -0.05) is 29.8 Å².